The summed E-state index contributed by atoms with van der Waals surface area (Å²) in [5.41, 5.74) is 3.20. The molecule has 0 amide bonds. The van der Waals surface area contributed by atoms with Gasteiger partial charge in [-0.15, -0.1) is 11.8 Å². The fraction of sp³-hybridized carbons (Fsp3) is 0.636. The molecule has 1 saturated heterocycles. The SMILES string of the molecule is CS/C=C/C1=C(C)C2CCN(C1)C2. The molecule has 2 heterocycles. The van der Waals surface area contributed by atoms with Gasteiger partial charge in [-0.2, -0.15) is 0 Å². The van der Waals surface area contributed by atoms with Crippen molar-refractivity contribution in [2.24, 2.45) is 5.92 Å². The Morgan fingerprint density at radius 2 is 2.38 bits per heavy atom. The lowest BCUT2D eigenvalue weighted by Crippen LogP contribution is -2.27. The third-order valence-corrected chi connectivity index (χ3v) is 3.60. The van der Waals surface area contributed by atoms with Crippen molar-refractivity contribution >= 4 is 11.8 Å². The van der Waals surface area contributed by atoms with Crippen LogP contribution in [0, 0.1) is 5.92 Å². The van der Waals surface area contributed by atoms with Crippen molar-refractivity contribution in [1.29, 1.82) is 0 Å². The lowest BCUT2D eigenvalue weighted by molar-refractivity contribution is 0.346. The summed E-state index contributed by atoms with van der Waals surface area (Å²) in [5, 5.41) is 2.20. The van der Waals surface area contributed by atoms with Crippen LogP contribution in [0.25, 0.3) is 0 Å². The Morgan fingerprint density at radius 1 is 1.54 bits per heavy atom. The third kappa shape index (κ3) is 1.84. The fourth-order valence-corrected chi connectivity index (χ4v) is 2.59. The van der Waals surface area contributed by atoms with Crippen LogP contribution in [0.2, 0.25) is 0 Å². The molecule has 2 bridgehead atoms. The Morgan fingerprint density at radius 3 is 3.15 bits per heavy atom. The average molecular weight is 195 g/mol. The summed E-state index contributed by atoms with van der Waals surface area (Å²) in [7, 11) is 0. The van der Waals surface area contributed by atoms with E-state index in [4.69, 9.17) is 0 Å². The van der Waals surface area contributed by atoms with Crippen LogP contribution in [-0.4, -0.2) is 30.8 Å². The van der Waals surface area contributed by atoms with Crippen molar-refractivity contribution in [2.45, 2.75) is 13.3 Å². The molecule has 1 fully saturated rings. The minimum Gasteiger partial charge on any atom is -0.298 e. The second-order valence-corrected chi connectivity index (χ2v) is 4.71. The molecule has 0 aromatic rings. The highest BCUT2D eigenvalue weighted by molar-refractivity contribution is 8.01. The van der Waals surface area contributed by atoms with Gasteiger partial charge in [0.1, 0.15) is 0 Å². The molecule has 0 aromatic carbocycles. The standard InChI is InChI=1S/C11H17NS/c1-9-10-3-5-12(7-10)8-11(9)4-6-13-2/h4,6,10H,3,5,7-8H2,1-2H3/b6-4+. The molecule has 0 saturated carbocycles. The van der Waals surface area contributed by atoms with E-state index in [0.29, 0.717) is 0 Å². The zero-order valence-electron chi connectivity index (χ0n) is 8.42. The lowest BCUT2D eigenvalue weighted by atomic mass is 9.93. The van der Waals surface area contributed by atoms with E-state index in [1.807, 2.05) is 0 Å². The van der Waals surface area contributed by atoms with Crippen molar-refractivity contribution in [3.05, 3.63) is 22.6 Å². The van der Waals surface area contributed by atoms with E-state index < -0.39 is 0 Å². The van der Waals surface area contributed by atoms with E-state index in [1.165, 1.54) is 26.1 Å². The number of rotatable bonds is 2. The summed E-state index contributed by atoms with van der Waals surface area (Å²) >= 11 is 1.79. The van der Waals surface area contributed by atoms with Crippen LogP contribution in [0.1, 0.15) is 13.3 Å². The molecule has 0 spiro atoms. The second kappa shape index (κ2) is 3.89. The molecule has 0 aliphatic carbocycles. The van der Waals surface area contributed by atoms with E-state index >= 15 is 0 Å². The van der Waals surface area contributed by atoms with Gasteiger partial charge < -0.3 is 0 Å². The van der Waals surface area contributed by atoms with E-state index in [0.717, 1.165) is 5.92 Å². The molecule has 0 aromatic heterocycles. The molecular weight excluding hydrogens is 178 g/mol. The maximum atomic E-state index is 2.57. The molecule has 0 radical (unpaired) electrons. The number of nitrogens with zero attached hydrogens (tertiary/aromatic N) is 1. The topological polar surface area (TPSA) is 3.24 Å². The predicted molar refractivity (Wildman–Crippen MR) is 59.9 cm³/mol. The van der Waals surface area contributed by atoms with Crippen molar-refractivity contribution < 1.29 is 0 Å². The van der Waals surface area contributed by atoms with Crippen molar-refractivity contribution in [1.82, 2.24) is 4.90 Å². The predicted octanol–water partition coefficient (Wildman–Crippen LogP) is 2.52. The molecule has 13 heavy (non-hydrogen) atoms. The molecule has 2 atom stereocenters. The van der Waals surface area contributed by atoms with Gasteiger partial charge >= 0.3 is 0 Å². The zero-order valence-corrected chi connectivity index (χ0v) is 9.23. The Kier molecular flexibility index (Phi) is 2.80. The smallest absolute Gasteiger partial charge is 0.0233 e. The third-order valence-electron chi connectivity index (χ3n) is 3.19. The highest BCUT2D eigenvalue weighted by atomic mass is 32.2. The summed E-state index contributed by atoms with van der Waals surface area (Å²) in [6.07, 6.45) is 5.79. The molecular formula is C11H17NS. The zero-order chi connectivity index (χ0) is 9.26. The molecule has 2 rings (SSSR count). The molecule has 2 aliphatic heterocycles. The van der Waals surface area contributed by atoms with Crippen LogP contribution in [0.5, 0.6) is 0 Å². The van der Waals surface area contributed by atoms with Gasteiger partial charge in [-0.05, 0) is 43.0 Å². The minimum atomic E-state index is 0.857. The fourth-order valence-electron chi connectivity index (χ4n) is 2.29. The van der Waals surface area contributed by atoms with E-state index in [9.17, 15) is 0 Å². The van der Waals surface area contributed by atoms with Gasteiger partial charge in [0.05, 0.1) is 0 Å². The largest absolute Gasteiger partial charge is 0.298 e. The Bertz CT molecular complexity index is 255. The van der Waals surface area contributed by atoms with Crippen molar-refractivity contribution in [2.75, 3.05) is 25.9 Å². The first-order chi connectivity index (χ1) is 6.31. The monoisotopic (exact) mass is 195 g/mol. The molecule has 0 N–H and O–H groups in total. The second-order valence-electron chi connectivity index (χ2n) is 3.97. The Balaban J connectivity index is 2.16. The van der Waals surface area contributed by atoms with E-state index in [-0.39, 0.29) is 0 Å². The van der Waals surface area contributed by atoms with Gasteiger partial charge in [-0.25, -0.2) is 0 Å². The number of hydrogen-bond acceptors (Lipinski definition) is 2. The maximum Gasteiger partial charge on any atom is 0.0233 e. The van der Waals surface area contributed by atoms with Crippen LogP contribution >= 0.6 is 11.8 Å². The van der Waals surface area contributed by atoms with E-state index in [1.54, 1.807) is 22.9 Å². The van der Waals surface area contributed by atoms with Crippen LogP contribution < -0.4 is 0 Å². The van der Waals surface area contributed by atoms with Crippen molar-refractivity contribution in [3.8, 4) is 0 Å². The van der Waals surface area contributed by atoms with Gasteiger partial charge in [0.2, 0.25) is 0 Å². The first-order valence-corrected chi connectivity index (χ1v) is 6.21. The number of thioether (sulfide) groups is 1. The highest BCUT2D eigenvalue weighted by Crippen LogP contribution is 2.32. The van der Waals surface area contributed by atoms with Crippen LogP contribution in [0.3, 0.4) is 0 Å². The average Bonchev–Trinajstić information content (AvgIpc) is 2.54. The maximum absolute atomic E-state index is 2.57. The van der Waals surface area contributed by atoms with Crippen LogP contribution in [0.4, 0.5) is 0 Å². The first-order valence-electron chi connectivity index (χ1n) is 4.92. The summed E-state index contributed by atoms with van der Waals surface area (Å²) in [6, 6.07) is 0. The summed E-state index contributed by atoms with van der Waals surface area (Å²) in [5.74, 6) is 0.857. The van der Waals surface area contributed by atoms with Gasteiger partial charge in [0.15, 0.2) is 0 Å². The van der Waals surface area contributed by atoms with Gasteiger partial charge in [-0.1, -0.05) is 11.6 Å². The van der Waals surface area contributed by atoms with E-state index in [2.05, 4.69) is 29.6 Å². The quantitative estimate of drug-likeness (QED) is 0.666. The summed E-state index contributed by atoms with van der Waals surface area (Å²) in [6.45, 7) is 6.10. The number of fused-ring (bicyclic) bond motifs is 2. The Hall–Kier alpha value is -0.210. The summed E-state index contributed by atoms with van der Waals surface area (Å²) in [4.78, 5) is 2.57. The first kappa shape index (κ1) is 9.35. The Labute approximate surface area is 84.9 Å². The molecule has 2 unspecified atom stereocenters. The molecule has 2 heteroatoms. The molecule has 1 nitrogen and oxygen atoms in total. The lowest BCUT2D eigenvalue weighted by Gasteiger charge is -2.25. The van der Waals surface area contributed by atoms with Crippen LogP contribution in [-0.2, 0) is 0 Å². The molecule has 2 aliphatic rings. The normalized spacial score (nSPS) is 33.4. The minimum absolute atomic E-state index is 0.857. The van der Waals surface area contributed by atoms with Crippen molar-refractivity contribution in [3.63, 3.8) is 0 Å². The highest BCUT2D eigenvalue weighted by Gasteiger charge is 2.29. The summed E-state index contributed by atoms with van der Waals surface area (Å²) < 4.78 is 0. The van der Waals surface area contributed by atoms with Gasteiger partial charge in [-0.3, -0.25) is 4.90 Å². The van der Waals surface area contributed by atoms with Gasteiger partial charge in [0, 0.05) is 13.1 Å². The van der Waals surface area contributed by atoms with Gasteiger partial charge in [0.25, 0.3) is 0 Å². The van der Waals surface area contributed by atoms with Crippen LogP contribution in [0.15, 0.2) is 22.6 Å². The molecule has 72 valence electrons. The number of hydrogen-bond donors (Lipinski definition) is 0.